The Kier molecular flexibility index (Phi) is 3.21. The monoisotopic (exact) mass is 307 g/mol. The highest BCUT2D eigenvalue weighted by atomic mass is 35.5. The third-order valence-corrected chi connectivity index (χ3v) is 2.98. The molecule has 0 spiro atoms. The average molecular weight is 308 g/mol. The summed E-state index contributed by atoms with van der Waals surface area (Å²) in [6.07, 6.45) is 2.83. The molecule has 0 radical (unpaired) electrons. The standard InChI is InChI=1S/C11H7Cl2N7/c12-6-1-2-7(8(13)3-6)9-17-10(14)19-11(18-9)20-5-15-4-16-20/h1-5H,(H2,14,17,18,19). The fourth-order valence-corrected chi connectivity index (χ4v) is 2.08. The molecule has 7 nitrogen and oxygen atoms in total. The molecule has 2 heterocycles. The lowest BCUT2D eigenvalue weighted by Crippen LogP contribution is -2.08. The van der Waals surface area contributed by atoms with E-state index in [9.17, 15) is 0 Å². The fraction of sp³-hybridized carbons (Fsp3) is 0. The van der Waals surface area contributed by atoms with Crippen molar-refractivity contribution in [3.8, 4) is 17.3 Å². The zero-order valence-corrected chi connectivity index (χ0v) is 11.4. The van der Waals surface area contributed by atoms with E-state index in [4.69, 9.17) is 28.9 Å². The minimum atomic E-state index is 0.0616. The van der Waals surface area contributed by atoms with Gasteiger partial charge in [0.15, 0.2) is 5.82 Å². The van der Waals surface area contributed by atoms with E-state index in [1.807, 2.05) is 0 Å². The summed E-state index contributed by atoms with van der Waals surface area (Å²) < 4.78 is 1.38. The second-order valence-corrected chi connectivity index (χ2v) is 4.63. The number of anilines is 1. The minimum Gasteiger partial charge on any atom is -0.368 e. The molecule has 0 amide bonds. The van der Waals surface area contributed by atoms with Crippen molar-refractivity contribution in [3.63, 3.8) is 0 Å². The molecule has 3 aromatic rings. The van der Waals surface area contributed by atoms with Gasteiger partial charge in [0.05, 0.1) is 5.02 Å². The van der Waals surface area contributed by atoms with Crippen LogP contribution in [0.4, 0.5) is 5.95 Å². The summed E-state index contributed by atoms with van der Waals surface area (Å²) in [4.78, 5) is 16.2. The van der Waals surface area contributed by atoms with E-state index in [0.717, 1.165) is 0 Å². The Morgan fingerprint density at radius 3 is 2.65 bits per heavy atom. The zero-order chi connectivity index (χ0) is 14.1. The van der Waals surface area contributed by atoms with E-state index in [2.05, 4.69) is 25.0 Å². The summed E-state index contributed by atoms with van der Waals surface area (Å²) in [5.74, 6) is 0.659. The fourth-order valence-electron chi connectivity index (χ4n) is 1.59. The number of halogens is 2. The first-order valence-corrected chi connectivity index (χ1v) is 6.21. The van der Waals surface area contributed by atoms with Gasteiger partial charge in [-0.05, 0) is 18.2 Å². The molecule has 0 fully saturated rings. The van der Waals surface area contributed by atoms with Crippen LogP contribution < -0.4 is 5.73 Å². The molecule has 2 aromatic heterocycles. The average Bonchev–Trinajstić information content (AvgIpc) is 2.91. The van der Waals surface area contributed by atoms with Gasteiger partial charge in [0.2, 0.25) is 5.95 Å². The lowest BCUT2D eigenvalue weighted by atomic mass is 10.2. The molecule has 2 N–H and O–H groups in total. The maximum Gasteiger partial charge on any atom is 0.257 e. The van der Waals surface area contributed by atoms with Crippen molar-refractivity contribution in [2.45, 2.75) is 0 Å². The lowest BCUT2D eigenvalue weighted by Gasteiger charge is -2.06. The van der Waals surface area contributed by atoms with Crippen LogP contribution in [-0.4, -0.2) is 29.7 Å². The first-order valence-electron chi connectivity index (χ1n) is 5.45. The Bertz CT molecular complexity index is 757. The molecule has 3 rings (SSSR count). The Balaban J connectivity index is 2.14. The molecule has 0 atom stereocenters. The van der Waals surface area contributed by atoms with Crippen LogP contribution in [0.15, 0.2) is 30.9 Å². The molecule has 0 bridgehead atoms. The van der Waals surface area contributed by atoms with Crippen LogP contribution in [0.5, 0.6) is 0 Å². The van der Waals surface area contributed by atoms with Gasteiger partial charge in [-0.25, -0.2) is 4.98 Å². The Hall–Kier alpha value is -2.25. The number of rotatable bonds is 2. The zero-order valence-electron chi connectivity index (χ0n) is 9.90. The molecule has 0 aliphatic rings. The van der Waals surface area contributed by atoms with Crippen molar-refractivity contribution >= 4 is 29.2 Å². The Labute approximate surface area is 123 Å². The van der Waals surface area contributed by atoms with Gasteiger partial charge in [-0.1, -0.05) is 23.2 Å². The Morgan fingerprint density at radius 1 is 1.10 bits per heavy atom. The van der Waals surface area contributed by atoms with Crippen molar-refractivity contribution in [2.24, 2.45) is 0 Å². The summed E-state index contributed by atoms with van der Waals surface area (Å²) in [5.41, 5.74) is 6.29. The molecule has 0 saturated carbocycles. The van der Waals surface area contributed by atoms with E-state index in [-0.39, 0.29) is 11.9 Å². The summed E-state index contributed by atoms with van der Waals surface area (Å²) in [6, 6.07) is 5.01. The van der Waals surface area contributed by atoms with Crippen molar-refractivity contribution in [1.82, 2.24) is 29.7 Å². The summed E-state index contributed by atoms with van der Waals surface area (Å²) in [7, 11) is 0. The molecule has 0 saturated heterocycles. The molecule has 0 unspecified atom stereocenters. The first kappa shape index (κ1) is 12.8. The quantitative estimate of drug-likeness (QED) is 0.778. The van der Waals surface area contributed by atoms with Crippen LogP contribution in [0.3, 0.4) is 0 Å². The number of benzene rings is 1. The van der Waals surface area contributed by atoms with E-state index in [0.29, 0.717) is 21.4 Å². The number of aromatic nitrogens is 6. The van der Waals surface area contributed by atoms with Gasteiger partial charge in [-0.2, -0.15) is 24.7 Å². The molecular weight excluding hydrogens is 301 g/mol. The van der Waals surface area contributed by atoms with E-state index >= 15 is 0 Å². The molecule has 20 heavy (non-hydrogen) atoms. The van der Waals surface area contributed by atoms with Crippen molar-refractivity contribution < 1.29 is 0 Å². The van der Waals surface area contributed by atoms with Gasteiger partial charge in [0, 0.05) is 10.6 Å². The van der Waals surface area contributed by atoms with Gasteiger partial charge in [0.1, 0.15) is 12.7 Å². The number of hydrogen-bond acceptors (Lipinski definition) is 6. The summed E-state index contributed by atoms with van der Waals surface area (Å²) in [5, 5.41) is 4.89. The molecular formula is C11H7Cl2N7. The van der Waals surface area contributed by atoms with Gasteiger partial charge < -0.3 is 5.73 Å². The first-order chi connectivity index (χ1) is 9.63. The minimum absolute atomic E-state index is 0.0616. The maximum absolute atomic E-state index is 6.13. The molecule has 100 valence electrons. The van der Waals surface area contributed by atoms with Crippen molar-refractivity contribution in [2.75, 3.05) is 5.73 Å². The number of hydrogen-bond donors (Lipinski definition) is 1. The van der Waals surface area contributed by atoms with Crippen LogP contribution >= 0.6 is 23.2 Å². The van der Waals surface area contributed by atoms with Crippen LogP contribution in [0.1, 0.15) is 0 Å². The van der Waals surface area contributed by atoms with Crippen LogP contribution in [0, 0.1) is 0 Å². The Morgan fingerprint density at radius 2 is 1.95 bits per heavy atom. The highest BCUT2D eigenvalue weighted by Gasteiger charge is 2.12. The lowest BCUT2D eigenvalue weighted by molar-refractivity contribution is 0.800. The molecule has 0 aliphatic heterocycles. The number of nitrogens with zero attached hydrogens (tertiary/aromatic N) is 6. The predicted octanol–water partition coefficient (Wildman–Crippen LogP) is 2.01. The van der Waals surface area contributed by atoms with E-state index in [1.54, 1.807) is 18.2 Å². The van der Waals surface area contributed by atoms with Crippen molar-refractivity contribution in [3.05, 3.63) is 40.9 Å². The third-order valence-electron chi connectivity index (χ3n) is 2.44. The van der Waals surface area contributed by atoms with Crippen molar-refractivity contribution in [1.29, 1.82) is 0 Å². The predicted molar refractivity (Wildman–Crippen MR) is 74.6 cm³/mol. The summed E-state index contributed by atoms with van der Waals surface area (Å²) >= 11 is 12.0. The van der Waals surface area contributed by atoms with Gasteiger partial charge in [0.25, 0.3) is 5.95 Å². The van der Waals surface area contributed by atoms with Gasteiger partial charge >= 0.3 is 0 Å². The largest absolute Gasteiger partial charge is 0.368 e. The molecule has 9 heteroatoms. The topological polar surface area (TPSA) is 95.4 Å². The van der Waals surface area contributed by atoms with Gasteiger partial charge in [-0.3, -0.25) is 0 Å². The highest BCUT2D eigenvalue weighted by Crippen LogP contribution is 2.28. The number of nitrogens with two attached hydrogens (primary N) is 1. The second kappa shape index (κ2) is 5.03. The highest BCUT2D eigenvalue weighted by molar-refractivity contribution is 6.36. The van der Waals surface area contributed by atoms with Crippen LogP contribution in [0.25, 0.3) is 17.3 Å². The van der Waals surface area contributed by atoms with Gasteiger partial charge in [-0.15, -0.1) is 0 Å². The SMILES string of the molecule is Nc1nc(-c2ccc(Cl)cc2Cl)nc(-n2cncn2)n1. The third kappa shape index (κ3) is 2.40. The summed E-state index contributed by atoms with van der Waals surface area (Å²) in [6.45, 7) is 0. The number of nitrogen functional groups attached to an aromatic ring is 1. The normalized spacial score (nSPS) is 10.7. The maximum atomic E-state index is 6.13. The second-order valence-electron chi connectivity index (χ2n) is 3.78. The molecule has 0 aliphatic carbocycles. The van der Waals surface area contributed by atoms with Crippen LogP contribution in [-0.2, 0) is 0 Å². The molecule has 1 aromatic carbocycles. The van der Waals surface area contributed by atoms with E-state index < -0.39 is 0 Å². The smallest absolute Gasteiger partial charge is 0.257 e. The van der Waals surface area contributed by atoms with E-state index in [1.165, 1.54) is 17.3 Å². The van der Waals surface area contributed by atoms with Crippen LogP contribution in [0.2, 0.25) is 10.0 Å².